The molecule has 0 atom stereocenters. The highest BCUT2D eigenvalue weighted by Crippen LogP contribution is 2.40. The van der Waals surface area contributed by atoms with Crippen LogP contribution in [0.25, 0.3) is 0 Å². The normalized spacial score (nSPS) is 20.1. The molecular formula is C31H39F3N2O5. The van der Waals surface area contributed by atoms with E-state index < -0.39 is 17.7 Å². The van der Waals surface area contributed by atoms with Gasteiger partial charge in [0.25, 0.3) is 0 Å². The first kappa shape index (κ1) is 30.8. The molecule has 1 heterocycles. The molecule has 1 amide bonds. The Morgan fingerprint density at radius 3 is 2.34 bits per heavy atom. The predicted octanol–water partition coefficient (Wildman–Crippen LogP) is 6.68. The summed E-state index contributed by atoms with van der Waals surface area (Å²) in [5.41, 5.74) is 0.00582. The minimum absolute atomic E-state index is 0.0308. The van der Waals surface area contributed by atoms with Crippen molar-refractivity contribution in [2.24, 2.45) is 11.8 Å². The summed E-state index contributed by atoms with van der Waals surface area (Å²) >= 11 is 0. The second kappa shape index (κ2) is 13.2. The van der Waals surface area contributed by atoms with Gasteiger partial charge in [-0.3, -0.25) is 9.69 Å². The molecule has 0 radical (unpaired) electrons. The number of methoxy groups -OCH3 is 1. The zero-order chi connectivity index (χ0) is 29.7. The van der Waals surface area contributed by atoms with E-state index in [1.807, 2.05) is 18.7 Å². The molecule has 7 nitrogen and oxygen atoms in total. The number of benzene rings is 2. The number of halogens is 3. The number of carbonyl (C=O) groups is 2. The van der Waals surface area contributed by atoms with Crippen LogP contribution in [0.3, 0.4) is 0 Å². The van der Waals surface area contributed by atoms with Crippen LogP contribution >= 0.6 is 0 Å². The molecule has 224 valence electrons. The number of hydrogen-bond donors (Lipinski definition) is 0. The van der Waals surface area contributed by atoms with Gasteiger partial charge in [0.1, 0.15) is 11.5 Å². The monoisotopic (exact) mass is 576 g/mol. The van der Waals surface area contributed by atoms with Gasteiger partial charge in [-0.15, -0.1) is 0 Å². The molecular weight excluding hydrogens is 537 g/mol. The molecule has 1 saturated carbocycles. The van der Waals surface area contributed by atoms with Gasteiger partial charge in [0.2, 0.25) is 5.91 Å². The fraction of sp³-hybridized carbons (Fsp3) is 0.548. The van der Waals surface area contributed by atoms with Gasteiger partial charge in [0.05, 0.1) is 37.1 Å². The Labute approximate surface area is 239 Å². The van der Waals surface area contributed by atoms with Crippen LogP contribution in [0.5, 0.6) is 11.5 Å². The van der Waals surface area contributed by atoms with Crippen molar-refractivity contribution in [3.63, 3.8) is 0 Å². The molecule has 0 spiro atoms. The van der Waals surface area contributed by atoms with Gasteiger partial charge in [-0.25, -0.2) is 4.79 Å². The fourth-order valence-electron chi connectivity index (χ4n) is 5.55. The Hall–Kier alpha value is -3.11. The van der Waals surface area contributed by atoms with Gasteiger partial charge in [-0.05, 0) is 81.3 Å². The lowest BCUT2D eigenvalue weighted by Gasteiger charge is -2.34. The lowest BCUT2D eigenvalue weighted by Crippen LogP contribution is -2.43. The van der Waals surface area contributed by atoms with Crippen molar-refractivity contribution in [1.82, 2.24) is 4.90 Å². The van der Waals surface area contributed by atoms with Gasteiger partial charge in [0, 0.05) is 31.6 Å². The molecule has 41 heavy (non-hydrogen) atoms. The first-order valence-electron chi connectivity index (χ1n) is 14.2. The van der Waals surface area contributed by atoms with Crippen LogP contribution in [0.15, 0.2) is 36.4 Å². The van der Waals surface area contributed by atoms with Crippen LogP contribution in [0.4, 0.5) is 18.9 Å². The van der Waals surface area contributed by atoms with Gasteiger partial charge in [-0.1, -0.05) is 13.0 Å². The first-order valence-corrected chi connectivity index (χ1v) is 14.2. The number of ether oxygens (including phenoxy) is 3. The summed E-state index contributed by atoms with van der Waals surface area (Å²) in [5.74, 6) is -0.703. The summed E-state index contributed by atoms with van der Waals surface area (Å²) in [6.45, 7) is 8.67. The van der Waals surface area contributed by atoms with Gasteiger partial charge in [-0.2, -0.15) is 13.2 Å². The third-order valence-corrected chi connectivity index (χ3v) is 7.84. The van der Waals surface area contributed by atoms with E-state index in [4.69, 9.17) is 14.2 Å². The SMILES string of the molecule is COC(=O)c1cc(Oc2ccc(CN3CCOCC3)cc2C(F)(F)F)ccc1N(C(=O)[C@H]1CC[C@H](C)CC1)C(C)C. The highest BCUT2D eigenvalue weighted by Gasteiger charge is 2.36. The van der Waals surface area contributed by atoms with Crippen molar-refractivity contribution in [2.75, 3.05) is 38.3 Å². The highest BCUT2D eigenvalue weighted by molar-refractivity contribution is 6.04. The summed E-state index contributed by atoms with van der Waals surface area (Å²) in [6.07, 6.45) is -1.17. The van der Waals surface area contributed by atoms with Crippen molar-refractivity contribution in [2.45, 2.75) is 65.2 Å². The number of anilines is 1. The molecule has 0 bridgehead atoms. The van der Waals surface area contributed by atoms with Gasteiger partial charge >= 0.3 is 12.1 Å². The van der Waals surface area contributed by atoms with Crippen LogP contribution in [-0.4, -0.2) is 56.2 Å². The van der Waals surface area contributed by atoms with Crippen LogP contribution in [0.2, 0.25) is 0 Å². The van der Waals surface area contributed by atoms with Gasteiger partial charge < -0.3 is 19.1 Å². The molecule has 1 aliphatic carbocycles. The second-order valence-electron chi connectivity index (χ2n) is 11.2. The summed E-state index contributed by atoms with van der Waals surface area (Å²) < 4.78 is 58.3. The first-order chi connectivity index (χ1) is 19.5. The molecule has 2 aromatic rings. The third kappa shape index (κ3) is 7.60. The quantitative estimate of drug-likeness (QED) is 0.327. The molecule has 0 aromatic heterocycles. The lowest BCUT2D eigenvalue weighted by molar-refractivity contribution is -0.138. The molecule has 2 aliphatic rings. The molecule has 2 fully saturated rings. The number of rotatable bonds is 8. The highest BCUT2D eigenvalue weighted by atomic mass is 19.4. The van der Waals surface area contributed by atoms with Crippen molar-refractivity contribution < 1.29 is 37.0 Å². The number of morpholine rings is 1. The Bertz CT molecular complexity index is 1220. The standard InChI is InChI=1S/C31H39F3N2O5/c1-20(2)36(29(37)23-8-5-21(3)6-9-23)27-11-10-24(18-25(27)30(38)39-4)41-28-12-7-22(17-26(28)31(32,33)34)19-35-13-15-40-16-14-35/h7,10-12,17-18,20-21,23H,5-6,8-9,13-16,19H2,1-4H3/t21-,23-. The summed E-state index contributed by atoms with van der Waals surface area (Å²) in [4.78, 5) is 30.1. The molecule has 1 aliphatic heterocycles. The third-order valence-electron chi connectivity index (χ3n) is 7.84. The molecule has 4 rings (SSSR count). The van der Waals surface area contributed by atoms with E-state index in [0.29, 0.717) is 50.0 Å². The molecule has 2 aromatic carbocycles. The van der Waals surface area contributed by atoms with Crippen LogP contribution in [0, 0.1) is 11.8 Å². The van der Waals surface area contributed by atoms with Crippen molar-refractivity contribution in [3.8, 4) is 11.5 Å². The number of carbonyl (C=O) groups excluding carboxylic acids is 2. The van der Waals surface area contributed by atoms with E-state index >= 15 is 0 Å². The molecule has 0 N–H and O–H groups in total. The van der Waals surface area contributed by atoms with Crippen molar-refractivity contribution >= 4 is 17.6 Å². The number of alkyl halides is 3. The summed E-state index contributed by atoms with van der Waals surface area (Å²) in [6, 6.07) is 8.13. The second-order valence-corrected chi connectivity index (χ2v) is 11.2. The Morgan fingerprint density at radius 1 is 1.05 bits per heavy atom. The largest absolute Gasteiger partial charge is 0.465 e. The Morgan fingerprint density at radius 2 is 1.73 bits per heavy atom. The number of hydrogen-bond acceptors (Lipinski definition) is 6. The summed E-state index contributed by atoms with van der Waals surface area (Å²) in [5, 5.41) is 0. The average molecular weight is 577 g/mol. The van der Waals surface area contributed by atoms with E-state index in [2.05, 4.69) is 6.92 Å². The zero-order valence-electron chi connectivity index (χ0n) is 24.1. The van der Waals surface area contributed by atoms with E-state index in [-0.39, 0.29) is 34.9 Å². The van der Waals surface area contributed by atoms with Crippen LogP contribution < -0.4 is 9.64 Å². The van der Waals surface area contributed by atoms with E-state index in [1.54, 1.807) is 17.0 Å². The van der Waals surface area contributed by atoms with Crippen LogP contribution in [-0.2, 0) is 27.0 Å². The number of esters is 1. The summed E-state index contributed by atoms with van der Waals surface area (Å²) in [7, 11) is 1.22. The smallest absolute Gasteiger partial charge is 0.419 e. The maximum absolute atomic E-state index is 14.1. The minimum Gasteiger partial charge on any atom is -0.465 e. The lowest BCUT2D eigenvalue weighted by atomic mass is 9.82. The van der Waals surface area contributed by atoms with E-state index in [9.17, 15) is 22.8 Å². The van der Waals surface area contributed by atoms with Crippen molar-refractivity contribution in [3.05, 3.63) is 53.1 Å². The zero-order valence-corrected chi connectivity index (χ0v) is 24.1. The van der Waals surface area contributed by atoms with Crippen LogP contribution in [0.1, 0.15) is 67.9 Å². The van der Waals surface area contributed by atoms with Crippen molar-refractivity contribution in [1.29, 1.82) is 0 Å². The Balaban J connectivity index is 1.64. The van der Waals surface area contributed by atoms with Gasteiger partial charge in [0.15, 0.2) is 0 Å². The average Bonchev–Trinajstić information content (AvgIpc) is 2.94. The fourth-order valence-corrected chi connectivity index (χ4v) is 5.55. The number of amides is 1. The molecule has 1 saturated heterocycles. The maximum Gasteiger partial charge on any atom is 0.419 e. The molecule has 10 heteroatoms. The predicted molar refractivity (Wildman–Crippen MR) is 149 cm³/mol. The Kier molecular flexibility index (Phi) is 9.96. The van der Waals surface area contributed by atoms with E-state index in [1.165, 1.54) is 25.3 Å². The van der Waals surface area contributed by atoms with E-state index in [0.717, 1.165) is 31.7 Å². The topological polar surface area (TPSA) is 68.3 Å². The maximum atomic E-state index is 14.1. The number of nitrogens with zero attached hydrogens (tertiary/aromatic N) is 2. The molecule has 0 unspecified atom stereocenters. The minimum atomic E-state index is -4.65.